The van der Waals surface area contributed by atoms with Crippen LogP contribution in [0.3, 0.4) is 0 Å². The summed E-state index contributed by atoms with van der Waals surface area (Å²) in [5.74, 6) is 0.523. The van der Waals surface area contributed by atoms with Crippen molar-refractivity contribution in [3.05, 3.63) is 102 Å². The zero-order chi connectivity index (χ0) is 23.0. The summed E-state index contributed by atoms with van der Waals surface area (Å²) in [5, 5.41) is 6.85. The Kier molecular flexibility index (Phi) is 6.82. The van der Waals surface area contributed by atoms with Crippen molar-refractivity contribution >= 4 is 35.3 Å². The quantitative estimate of drug-likeness (QED) is 0.227. The Hall–Kier alpha value is -4.36. The molecule has 2 amide bonds. The van der Waals surface area contributed by atoms with Gasteiger partial charge in [-0.15, -0.1) is 0 Å². The van der Waals surface area contributed by atoms with Crippen LogP contribution in [-0.2, 0) is 9.59 Å². The summed E-state index contributed by atoms with van der Waals surface area (Å²) in [6, 6.07) is 26.6. The number of carbonyl (C=O) groups is 2. The Labute approximate surface area is 194 Å². The number of ether oxygens (including phenoxy) is 1. The third kappa shape index (κ3) is 6.09. The van der Waals surface area contributed by atoms with Crippen LogP contribution >= 0.6 is 11.6 Å². The maximum atomic E-state index is 12.1. The molecule has 1 heterocycles. The Balaban J connectivity index is 1.28. The van der Waals surface area contributed by atoms with Crippen molar-refractivity contribution in [3.8, 4) is 22.8 Å². The van der Waals surface area contributed by atoms with Gasteiger partial charge in [-0.2, -0.15) is 5.10 Å². The molecule has 1 aromatic heterocycles. The van der Waals surface area contributed by atoms with Gasteiger partial charge in [0.25, 0.3) is 0 Å². The fourth-order valence-electron chi connectivity index (χ4n) is 2.84. The van der Waals surface area contributed by atoms with Crippen LogP contribution in [0.4, 0.5) is 5.69 Å². The van der Waals surface area contributed by atoms with Gasteiger partial charge < -0.3 is 14.5 Å². The minimum Gasteiger partial charge on any atom is -0.457 e. The lowest BCUT2D eigenvalue weighted by Crippen LogP contribution is -2.32. The number of nitrogens with zero attached hydrogens (tertiary/aromatic N) is 1. The lowest BCUT2D eigenvalue weighted by molar-refractivity contribution is -0.136. The van der Waals surface area contributed by atoms with Gasteiger partial charge in [0.2, 0.25) is 0 Å². The summed E-state index contributed by atoms with van der Waals surface area (Å²) < 4.78 is 11.3. The number of hydrogen-bond acceptors (Lipinski definition) is 5. The fraction of sp³-hybridized carbons (Fsp3) is 0. The van der Waals surface area contributed by atoms with Crippen molar-refractivity contribution in [1.29, 1.82) is 0 Å². The van der Waals surface area contributed by atoms with Crippen LogP contribution in [0.2, 0.25) is 5.02 Å². The average molecular weight is 460 g/mol. The molecule has 0 aliphatic heterocycles. The third-order valence-corrected chi connectivity index (χ3v) is 4.63. The molecule has 0 bridgehead atoms. The number of furan rings is 1. The van der Waals surface area contributed by atoms with Crippen LogP contribution in [0.5, 0.6) is 11.5 Å². The summed E-state index contributed by atoms with van der Waals surface area (Å²) in [5.41, 5.74) is 3.42. The number of nitrogens with one attached hydrogen (secondary N) is 2. The Bertz CT molecular complexity index is 1280. The first kappa shape index (κ1) is 21.9. The maximum Gasteiger partial charge on any atom is 0.329 e. The number of halogens is 1. The number of anilines is 1. The highest BCUT2D eigenvalue weighted by Gasteiger charge is 2.13. The van der Waals surface area contributed by atoms with E-state index in [0.29, 0.717) is 33.7 Å². The molecule has 0 spiro atoms. The van der Waals surface area contributed by atoms with Gasteiger partial charge in [0.15, 0.2) is 0 Å². The summed E-state index contributed by atoms with van der Waals surface area (Å²) >= 11 is 5.99. The third-order valence-electron chi connectivity index (χ3n) is 4.39. The van der Waals surface area contributed by atoms with E-state index < -0.39 is 11.8 Å². The average Bonchev–Trinajstić information content (AvgIpc) is 3.30. The Morgan fingerprint density at radius 1 is 0.848 bits per heavy atom. The normalized spacial score (nSPS) is 10.7. The molecule has 3 aromatic carbocycles. The molecule has 0 saturated heterocycles. The van der Waals surface area contributed by atoms with Crippen LogP contribution in [0, 0.1) is 0 Å². The van der Waals surface area contributed by atoms with E-state index in [-0.39, 0.29) is 0 Å². The molecule has 8 heteroatoms. The lowest BCUT2D eigenvalue weighted by atomic mass is 10.2. The first-order valence-electron chi connectivity index (χ1n) is 9.90. The second-order valence-electron chi connectivity index (χ2n) is 6.81. The number of para-hydroxylation sites is 1. The fourth-order valence-corrected chi connectivity index (χ4v) is 3.03. The van der Waals surface area contributed by atoms with Gasteiger partial charge in [-0.3, -0.25) is 9.59 Å². The number of hydrogen-bond donors (Lipinski definition) is 2. The van der Waals surface area contributed by atoms with E-state index in [1.807, 2.05) is 42.5 Å². The van der Waals surface area contributed by atoms with Gasteiger partial charge >= 0.3 is 11.8 Å². The molecule has 4 rings (SSSR count). The summed E-state index contributed by atoms with van der Waals surface area (Å²) in [4.78, 5) is 24.1. The van der Waals surface area contributed by atoms with Gasteiger partial charge in [-0.25, -0.2) is 5.43 Å². The molecule has 0 aliphatic carbocycles. The van der Waals surface area contributed by atoms with E-state index in [2.05, 4.69) is 15.8 Å². The van der Waals surface area contributed by atoms with Crippen molar-refractivity contribution in [3.63, 3.8) is 0 Å². The standard InChI is InChI=1S/C25H18ClN3O4/c26-18-6-4-5-17(15-18)23-14-13-22(33-23)16-27-29-25(31)24(30)28-19-9-11-21(12-10-19)32-20-7-2-1-3-8-20/h1-16H,(H,28,30)(H,29,31)/b27-16-. The largest absolute Gasteiger partial charge is 0.457 e. The second kappa shape index (κ2) is 10.3. The van der Waals surface area contributed by atoms with Crippen LogP contribution in [0.25, 0.3) is 11.3 Å². The van der Waals surface area contributed by atoms with E-state index in [1.165, 1.54) is 6.21 Å². The minimum atomic E-state index is -0.919. The smallest absolute Gasteiger partial charge is 0.329 e. The van der Waals surface area contributed by atoms with Gasteiger partial charge in [0.1, 0.15) is 23.0 Å². The molecule has 0 fully saturated rings. The molecule has 0 aliphatic rings. The molecular formula is C25H18ClN3O4. The zero-order valence-electron chi connectivity index (χ0n) is 17.2. The molecule has 0 radical (unpaired) electrons. The van der Waals surface area contributed by atoms with Gasteiger partial charge in [0, 0.05) is 16.3 Å². The van der Waals surface area contributed by atoms with Crippen LogP contribution in [-0.4, -0.2) is 18.0 Å². The van der Waals surface area contributed by atoms with Crippen molar-refractivity contribution in [2.24, 2.45) is 5.10 Å². The molecule has 33 heavy (non-hydrogen) atoms. The molecule has 0 saturated carbocycles. The summed E-state index contributed by atoms with van der Waals surface area (Å²) in [6.07, 6.45) is 1.30. The Morgan fingerprint density at radius 3 is 2.36 bits per heavy atom. The number of rotatable bonds is 6. The molecule has 7 nitrogen and oxygen atoms in total. The molecule has 4 aromatic rings. The number of amides is 2. The maximum absolute atomic E-state index is 12.1. The highest BCUT2D eigenvalue weighted by molar-refractivity contribution is 6.39. The molecule has 2 N–H and O–H groups in total. The van der Waals surface area contributed by atoms with Gasteiger partial charge in [-0.1, -0.05) is 41.9 Å². The van der Waals surface area contributed by atoms with Gasteiger partial charge in [0.05, 0.1) is 6.21 Å². The second-order valence-corrected chi connectivity index (χ2v) is 7.24. The minimum absolute atomic E-state index is 0.402. The zero-order valence-corrected chi connectivity index (χ0v) is 18.0. The number of carbonyl (C=O) groups excluding carboxylic acids is 2. The van der Waals surface area contributed by atoms with E-state index in [4.69, 9.17) is 20.8 Å². The van der Waals surface area contributed by atoms with E-state index in [1.54, 1.807) is 48.5 Å². The van der Waals surface area contributed by atoms with Gasteiger partial charge in [-0.05, 0) is 60.7 Å². The van der Waals surface area contributed by atoms with Crippen molar-refractivity contribution in [2.75, 3.05) is 5.32 Å². The SMILES string of the molecule is O=C(N/N=C\c1ccc(-c2cccc(Cl)c2)o1)C(=O)Nc1ccc(Oc2ccccc2)cc1. The molecular weight excluding hydrogens is 442 g/mol. The molecule has 0 unspecified atom stereocenters. The lowest BCUT2D eigenvalue weighted by Gasteiger charge is -2.07. The molecule has 164 valence electrons. The first-order chi connectivity index (χ1) is 16.1. The number of hydrazone groups is 1. The Morgan fingerprint density at radius 2 is 1.61 bits per heavy atom. The predicted molar refractivity (Wildman–Crippen MR) is 126 cm³/mol. The van der Waals surface area contributed by atoms with E-state index in [0.717, 1.165) is 5.56 Å². The highest BCUT2D eigenvalue weighted by atomic mass is 35.5. The first-order valence-corrected chi connectivity index (χ1v) is 10.3. The monoisotopic (exact) mass is 459 g/mol. The van der Waals surface area contributed by atoms with Crippen molar-refractivity contribution < 1.29 is 18.7 Å². The summed E-state index contributed by atoms with van der Waals surface area (Å²) in [7, 11) is 0. The van der Waals surface area contributed by atoms with Crippen molar-refractivity contribution in [2.45, 2.75) is 0 Å². The number of benzene rings is 3. The van der Waals surface area contributed by atoms with Crippen LogP contribution < -0.4 is 15.5 Å². The van der Waals surface area contributed by atoms with Crippen LogP contribution in [0.15, 0.2) is 101 Å². The van der Waals surface area contributed by atoms with E-state index in [9.17, 15) is 9.59 Å². The highest BCUT2D eigenvalue weighted by Crippen LogP contribution is 2.24. The topological polar surface area (TPSA) is 92.9 Å². The molecule has 0 atom stereocenters. The van der Waals surface area contributed by atoms with Crippen LogP contribution in [0.1, 0.15) is 5.76 Å². The van der Waals surface area contributed by atoms with Crippen molar-refractivity contribution in [1.82, 2.24) is 5.43 Å². The summed E-state index contributed by atoms with van der Waals surface area (Å²) in [6.45, 7) is 0. The van der Waals surface area contributed by atoms with E-state index >= 15 is 0 Å². The predicted octanol–water partition coefficient (Wildman–Crippen LogP) is 5.48.